The summed E-state index contributed by atoms with van der Waals surface area (Å²) in [6, 6.07) is 0.953. The maximum atomic E-state index is 11.8. The van der Waals surface area contributed by atoms with Crippen LogP contribution in [0, 0.1) is 0 Å². The summed E-state index contributed by atoms with van der Waals surface area (Å²) in [5.41, 5.74) is -1.68. The zero-order valence-electron chi connectivity index (χ0n) is 13.8. The number of aliphatic hydroxyl groups excluding tert-OH is 2. The number of rotatable bonds is 8. The molecule has 16 nitrogen and oxygen atoms in total. The minimum absolute atomic E-state index is 0.719. The molecule has 0 bridgehead atoms. The van der Waals surface area contributed by atoms with E-state index in [1.807, 2.05) is 4.98 Å². The number of ether oxygens (including phenoxy) is 1. The highest BCUT2D eigenvalue weighted by Crippen LogP contribution is 2.66. The minimum atomic E-state index is -5.52. The summed E-state index contributed by atoms with van der Waals surface area (Å²) < 4.78 is 40.1. The highest BCUT2D eigenvalue weighted by Gasteiger charge is 2.45. The first-order chi connectivity index (χ1) is 13.1. The van der Waals surface area contributed by atoms with E-state index in [0.717, 1.165) is 16.8 Å². The Morgan fingerprint density at radius 3 is 2.31 bits per heavy atom. The first-order valence-electron chi connectivity index (χ1n) is 7.22. The van der Waals surface area contributed by atoms with Gasteiger partial charge in [-0.2, -0.15) is 4.31 Å². The number of nitrogens with zero attached hydrogens (tertiary/aromatic N) is 1. The molecule has 0 aliphatic carbocycles. The molecule has 2 heterocycles. The lowest BCUT2D eigenvalue weighted by atomic mass is 10.1. The molecule has 166 valence electrons. The lowest BCUT2D eigenvalue weighted by molar-refractivity contribution is -0.0527. The smallest absolute Gasteiger partial charge is 0.387 e. The number of aliphatic hydroxyl groups is 2. The molecule has 1 saturated heterocycles. The van der Waals surface area contributed by atoms with Gasteiger partial charge in [-0.05, 0) is 11.8 Å². The van der Waals surface area contributed by atoms with Crippen LogP contribution in [0.1, 0.15) is 6.23 Å². The maximum absolute atomic E-state index is 11.8. The van der Waals surface area contributed by atoms with Crippen LogP contribution in [0.3, 0.4) is 0 Å². The Morgan fingerprint density at radius 1 is 1.14 bits per heavy atom. The van der Waals surface area contributed by atoms with Crippen LogP contribution in [-0.2, 0) is 38.8 Å². The van der Waals surface area contributed by atoms with Gasteiger partial charge >= 0.3 is 28.1 Å². The number of phosphoric acid groups is 2. The largest absolute Gasteiger partial charge is 0.488 e. The van der Waals surface area contributed by atoms with E-state index >= 15 is 0 Å². The van der Waals surface area contributed by atoms with Crippen LogP contribution in [0.4, 0.5) is 0 Å². The van der Waals surface area contributed by atoms with E-state index in [2.05, 4.69) is 25.0 Å². The predicted octanol–water partition coefficient (Wildman–Crippen LogP) is -2.38. The first-order valence-corrected chi connectivity index (χ1v) is 12.8. The molecule has 0 aromatic carbocycles. The molecule has 1 aromatic heterocycles. The van der Waals surface area contributed by atoms with Crippen LogP contribution in [-0.4, -0.2) is 64.3 Å². The molecule has 0 radical (unpaired) electrons. The predicted molar refractivity (Wildman–Crippen MR) is 93.7 cm³/mol. The van der Waals surface area contributed by atoms with Crippen LogP contribution in [0.15, 0.2) is 21.9 Å². The van der Waals surface area contributed by atoms with Crippen LogP contribution < -0.4 is 11.2 Å². The Kier molecular flexibility index (Phi) is 7.54. The molecule has 29 heavy (non-hydrogen) atoms. The first kappa shape index (κ1) is 24.7. The van der Waals surface area contributed by atoms with E-state index < -0.39 is 64.8 Å². The fourth-order valence-electron chi connectivity index (χ4n) is 2.20. The van der Waals surface area contributed by atoms with Gasteiger partial charge in [-0.3, -0.25) is 14.3 Å². The van der Waals surface area contributed by atoms with Crippen molar-refractivity contribution >= 4 is 34.2 Å². The summed E-state index contributed by atoms with van der Waals surface area (Å²) in [4.78, 5) is 60.7. The Labute approximate surface area is 165 Å². The molecule has 6 atom stereocenters. The van der Waals surface area contributed by atoms with E-state index in [-0.39, 0.29) is 0 Å². The van der Waals surface area contributed by atoms with Crippen molar-refractivity contribution in [2.45, 2.75) is 24.5 Å². The van der Waals surface area contributed by atoms with Crippen molar-refractivity contribution in [3.8, 4) is 0 Å². The molecule has 1 aliphatic rings. The Morgan fingerprint density at radius 2 is 1.76 bits per heavy atom. The van der Waals surface area contributed by atoms with Gasteiger partial charge in [0.05, 0.1) is 6.61 Å². The third-order valence-electron chi connectivity index (χ3n) is 3.28. The maximum Gasteiger partial charge on any atom is 0.488 e. The van der Waals surface area contributed by atoms with Crippen LogP contribution in [0.5, 0.6) is 0 Å². The number of nitrogens with one attached hydrogen (secondary N) is 1. The SMILES string of the molecule is O=c1ccn([C@@H]2O[C@H](COP(O)(=S)OP(=O)(O)OP(=O)(O)O)C(O)[C@@H]2O)c(=O)[nH]1. The fraction of sp³-hybridized carbons (Fsp3) is 0.556. The standard InChI is InChI=1S/C9H15N2O14P3S/c12-5-1-2-11(9(15)10-5)8-7(14)6(13)4(23-8)3-22-28(21,29)25-27(19,20)24-26(16,17)18/h1-2,4,6-8,13-14H,3H2,(H,19,20)(H,21,29)(H,10,12,15)(H2,16,17,18)/t4-,6?,7+,8-,28?/m1/s1. The fourth-order valence-corrected chi connectivity index (χ4v) is 6.17. The summed E-state index contributed by atoms with van der Waals surface area (Å²) in [5, 5.41) is 20.0. The van der Waals surface area contributed by atoms with Crippen molar-refractivity contribution in [2.75, 3.05) is 6.61 Å². The zero-order chi connectivity index (χ0) is 22.2. The molecule has 0 amide bonds. The summed E-state index contributed by atoms with van der Waals surface area (Å²) >= 11 is 4.40. The van der Waals surface area contributed by atoms with Crippen molar-refractivity contribution < 1.29 is 56.8 Å². The van der Waals surface area contributed by atoms with Gasteiger partial charge in [0.25, 0.3) is 5.56 Å². The van der Waals surface area contributed by atoms with Crippen molar-refractivity contribution in [3.05, 3.63) is 33.1 Å². The molecule has 20 heteroatoms. The van der Waals surface area contributed by atoms with Gasteiger partial charge in [-0.25, -0.2) is 18.2 Å². The molecule has 1 fully saturated rings. The third kappa shape index (κ3) is 6.95. The van der Waals surface area contributed by atoms with Gasteiger partial charge in [0.2, 0.25) is 0 Å². The van der Waals surface area contributed by atoms with E-state index in [1.54, 1.807) is 0 Å². The van der Waals surface area contributed by atoms with E-state index in [0.29, 0.717) is 0 Å². The Bertz CT molecular complexity index is 1000. The number of aromatic amines is 1. The van der Waals surface area contributed by atoms with Crippen molar-refractivity contribution in [1.29, 1.82) is 0 Å². The second-order valence-electron chi connectivity index (χ2n) is 5.45. The molecule has 3 unspecified atom stereocenters. The van der Waals surface area contributed by atoms with Gasteiger partial charge in [-0.1, -0.05) is 0 Å². The van der Waals surface area contributed by atoms with Crippen LogP contribution in [0.2, 0.25) is 0 Å². The molecule has 2 rings (SSSR count). The normalized spacial score (nSPS) is 29.3. The van der Waals surface area contributed by atoms with E-state index in [1.165, 1.54) is 0 Å². The van der Waals surface area contributed by atoms with Crippen molar-refractivity contribution in [3.63, 3.8) is 0 Å². The second-order valence-corrected chi connectivity index (χ2v) is 11.3. The van der Waals surface area contributed by atoms with Crippen molar-refractivity contribution in [2.24, 2.45) is 0 Å². The molecule has 1 aromatic rings. The van der Waals surface area contributed by atoms with Gasteiger partial charge < -0.3 is 39.0 Å². The molecule has 0 spiro atoms. The summed E-state index contributed by atoms with van der Waals surface area (Å²) in [6.45, 7) is -5.48. The molecule has 7 N–H and O–H groups in total. The number of aromatic nitrogens is 2. The lowest BCUT2D eigenvalue weighted by Gasteiger charge is -2.21. The highest BCUT2D eigenvalue weighted by atomic mass is 32.5. The van der Waals surface area contributed by atoms with Gasteiger partial charge in [0.1, 0.15) is 18.3 Å². The van der Waals surface area contributed by atoms with Gasteiger partial charge in [0.15, 0.2) is 6.23 Å². The van der Waals surface area contributed by atoms with E-state index in [4.69, 9.17) is 19.4 Å². The molecule has 1 aliphatic heterocycles. The highest BCUT2D eigenvalue weighted by molar-refractivity contribution is 8.08. The number of H-pyrrole nitrogens is 1. The van der Waals surface area contributed by atoms with Crippen LogP contribution >= 0.6 is 22.4 Å². The quantitative estimate of drug-likeness (QED) is 0.184. The summed E-state index contributed by atoms with van der Waals surface area (Å²) in [7, 11) is -11.0. The minimum Gasteiger partial charge on any atom is -0.387 e. The summed E-state index contributed by atoms with van der Waals surface area (Å²) in [5.74, 6) is 0. The number of hydrogen-bond acceptors (Lipinski definition) is 11. The lowest BCUT2D eigenvalue weighted by Crippen LogP contribution is -2.37. The second kappa shape index (κ2) is 8.86. The number of hydrogen-bond donors (Lipinski definition) is 7. The van der Waals surface area contributed by atoms with E-state index in [9.17, 15) is 33.8 Å². The summed E-state index contributed by atoms with van der Waals surface area (Å²) in [6.07, 6.45) is -5.30. The Hall–Kier alpha value is -0.610. The van der Waals surface area contributed by atoms with Gasteiger partial charge in [-0.15, -0.1) is 0 Å². The average molecular weight is 500 g/mol. The van der Waals surface area contributed by atoms with Crippen LogP contribution in [0.25, 0.3) is 0 Å². The average Bonchev–Trinajstić information content (AvgIpc) is 2.78. The molecular formula is C9H15N2O14P3S. The van der Waals surface area contributed by atoms with Crippen molar-refractivity contribution in [1.82, 2.24) is 9.55 Å². The molecular weight excluding hydrogens is 485 g/mol. The monoisotopic (exact) mass is 500 g/mol. The molecule has 0 saturated carbocycles. The topological polar surface area (TPSA) is 247 Å². The zero-order valence-corrected chi connectivity index (χ0v) is 17.3. The Balaban J connectivity index is 2.06. The van der Waals surface area contributed by atoms with Gasteiger partial charge in [0, 0.05) is 12.3 Å². The third-order valence-corrected chi connectivity index (χ3v) is 8.00.